The highest BCUT2D eigenvalue weighted by atomic mass is 127. The van der Waals surface area contributed by atoms with Crippen molar-refractivity contribution >= 4 is 45.2 Å². The number of alkyl halides is 2. The molecule has 2 nitrogen and oxygen atoms in total. The summed E-state index contributed by atoms with van der Waals surface area (Å²) in [6.07, 6.45) is 2.23. The molecule has 0 aromatic rings. The van der Waals surface area contributed by atoms with E-state index in [1.165, 1.54) is 8.86 Å². The highest BCUT2D eigenvalue weighted by molar-refractivity contribution is 14.1. The summed E-state index contributed by atoms with van der Waals surface area (Å²) in [6, 6.07) is 0. The van der Waals surface area contributed by atoms with Crippen molar-refractivity contribution in [1.29, 1.82) is 0 Å². The SMILES string of the molecule is IC[C@@H]1CC2(C[C@@H]1CI)OCCO2. The molecule has 1 saturated carbocycles. The second-order valence-corrected chi connectivity index (χ2v) is 5.61. The molecule has 2 atom stereocenters. The molecule has 1 aliphatic heterocycles. The molecule has 1 saturated heterocycles. The van der Waals surface area contributed by atoms with Crippen LogP contribution >= 0.6 is 45.2 Å². The van der Waals surface area contributed by atoms with Crippen LogP contribution < -0.4 is 0 Å². The minimum atomic E-state index is -0.175. The van der Waals surface area contributed by atoms with Crippen LogP contribution in [0.2, 0.25) is 0 Å². The maximum Gasteiger partial charge on any atom is 0.169 e. The molecule has 76 valence electrons. The summed E-state index contributed by atoms with van der Waals surface area (Å²) in [5.74, 6) is 1.43. The van der Waals surface area contributed by atoms with Crippen LogP contribution in [0.3, 0.4) is 0 Å². The molecule has 0 aromatic heterocycles. The van der Waals surface area contributed by atoms with Crippen LogP contribution in [0.1, 0.15) is 12.8 Å². The fraction of sp³-hybridized carbons (Fsp3) is 1.00. The summed E-state index contributed by atoms with van der Waals surface area (Å²) in [5.41, 5.74) is 0. The molecule has 1 heterocycles. The van der Waals surface area contributed by atoms with E-state index in [0.717, 1.165) is 37.9 Å². The van der Waals surface area contributed by atoms with Crippen molar-refractivity contribution in [3.8, 4) is 0 Å². The number of hydrogen-bond donors (Lipinski definition) is 0. The van der Waals surface area contributed by atoms with E-state index in [9.17, 15) is 0 Å². The van der Waals surface area contributed by atoms with Gasteiger partial charge in [-0.15, -0.1) is 0 Å². The van der Waals surface area contributed by atoms with Crippen LogP contribution in [-0.4, -0.2) is 27.9 Å². The summed E-state index contributed by atoms with van der Waals surface area (Å²) in [4.78, 5) is 0. The Bertz CT molecular complexity index is 166. The third-order valence-corrected chi connectivity index (χ3v) is 5.29. The zero-order chi connectivity index (χ0) is 9.31. The van der Waals surface area contributed by atoms with Crippen molar-refractivity contribution in [2.24, 2.45) is 11.8 Å². The van der Waals surface area contributed by atoms with Gasteiger partial charge in [0, 0.05) is 21.7 Å². The van der Waals surface area contributed by atoms with Crippen molar-refractivity contribution < 1.29 is 9.47 Å². The van der Waals surface area contributed by atoms with Gasteiger partial charge in [-0.05, 0) is 11.8 Å². The normalized spacial score (nSPS) is 37.4. The largest absolute Gasteiger partial charge is 0.348 e. The van der Waals surface area contributed by atoms with E-state index in [1.54, 1.807) is 0 Å². The predicted octanol–water partition coefficient (Wildman–Crippen LogP) is 2.63. The summed E-state index contributed by atoms with van der Waals surface area (Å²) in [6.45, 7) is 1.59. The molecule has 0 aromatic carbocycles. The fourth-order valence-corrected chi connectivity index (χ4v) is 4.37. The lowest BCUT2D eigenvalue weighted by atomic mass is 10.0. The molecule has 2 fully saturated rings. The number of ether oxygens (including phenoxy) is 2. The average molecular weight is 408 g/mol. The van der Waals surface area contributed by atoms with Gasteiger partial charge < -0.3 is 9.47 Å². The Hall–Kier alpha value is 1.38. The first-order valence-electron chi connectivity index (χ1n) is 4.69. The van der Waals surface area contributed by atoms with E-state index in [2.05, 4.69) is 45.2 Å². The van der Waals surface area contributed by atoms with Crippen LogP contribution in [0.4, 0.5) is 0 Å². The second-order valence-electron chi connectivity index (χ2n) is 3.84. The lowest BCUT2D eigenvalue weighted by Crippen LogP contribution is -2.26. The van der Waals surface area contributed by atoms with Gasteiger partial charge in [0.25, 0.3) is 0 Å². The molecule has 2 rings (SSSR count). The molecular formula is C9H14I2O2. The van der Waals surface area contributed by atoms with Gasteiger partial charge in [0.1, 0.15) is 0 Å². The van der Waals surface area contributed by atoms with E-state index in [0.29, 0.717) is 0 Å². The smallest absolute Gasteiger partial charge is 0.169 e. The standard InChI is InChI=1S/C9H14I2O2/c10-5-7-3-9(4-8(7)6-11)12-1-2-13-9/h7-8H,1-6H2/t7-,8+. The Morgan fingerprint density at radius 1 is 1.00 bits per heavy atom. The molecule has 0 bridgehead atoms. The molecule has 13 heavy (non-hydrogen) atoms. The molecule has 4 heteroatoms. The fourth-order valence-electron chi connectivity index (χ4n) is 2.31. The van der Waals surface area contributed by atoms with Gasteiger partial charge in [-0.25, -0.2) is 0 Å². The number of halogens is 2. The molecule has 0 radical (unpaired) electrons. The van der Waals surface area contributed by atoms with Gasteiger partial charge in [-0.2, -0.15) is 0 Å². The third-order valence-electron chi connectivity index (χ3n) is 3.02. The van der Waals surface area contributed by atoms with Crippen molar-refractivity contribution in [3.63, 3.8) is 0 Å². The summed E-state index contributed by atoms with van der Waals surface area (Å²) in [5, 5.41) is 0. The van der Waals surface area contributed by atoms with Gasteiger partial charge in [-0.3, -0.25) is 0 Å². The zero-order valence-corrected chi connectivity index (χ0v) is 11.8. The highest BCUT2D eigenvalue weighted by Gasteiger charge is 2.48. The van der Waals surface area contributed by atoms with E-state index in [4.69, 9.17) is 9.47 Å². The second kappa shape index (κ2) is 4.49. The van der Waals surface area contributed by atoms with Crippen LogP contribution in [0.5, 0.6) is 0 Å². The Morgan fingerprint density at radius 2 is 1.46 bits per heavy atom. The van der Waals surface area contributed by atoms with Gasteiger partial charge in [0.2, 0.25) is 0 Å². The minimum Gasteiger partial charge on any atom is -0.348 e. The van der Waals surface area contributed by atoms with Gasteiger partial charge >= 0.3 is 0 Å². The van der Waals surface area contributed by atoms with E-state index in [-0.39, 0.29) is 5.79 Å². The van der Waals surface area contributed by atoms with Gasteiger partial charge in [0.15, 0.2) is 5.79 Å². The van der Waals surface area contributed by atoms with Crippen LogP contribution in [0, 0.1) is 11.8 Å². The minimum absolute atomic E-state index is 0.175. The lowest BCUT2D eigenvalue weighted by Gasteiger charge is -2.21. The van der Waals surface area contributed by atoms with Crippen molar-refractivity contribution in [1.82, 2.24) is 0 Å². The molecule has 1 aliphatic carbocycles. The lowest BCUT2D eigenvalue weighted by molar-refractivity contribution is -0.153. The van der Waals surface area contributed by atoms with Crippen molar-refractivity contribution in [2.45, 2.75) is 18.6 Å². The highest BCUT2D eigenvalue weighted by Crippen LogP contribution is 2.45. The Morgan fingerprint density at radius 3 is 1.85 bits per heavy atom. The molecule has 2 aliphatic rings. The monoisotopic (exact) mass is 408 g/mol. The zero-order valence-electron chi connectivity index (χ0n) is 7.47. The van der Waals surface area contributed by atoms with E-state index in [1.807, 2.05) is 0 Å². The first-order chi connectivity index (χ1) is 6.29. The maximum absolute atomic E-state index is 5.74. The van der Waals surface area contributed by atoms with E-state index >= 15 is 0 Å². The molecular weight excluding hydrogens is 394 g/mol. The Labute approximate surface area is 106 Å². The van der Waals surface area contributed by atoms with Crippen LogP contribution in [0.25, 0.3) is 0 Å². The Balaban J connectivity index is 2.03. The predicted molar refractivity (Wildman–Crippen MR) is 68.6 cm³/mol. The van der Waals surface area contributed by atoms with Crippen LogP contribution in [0.15, 0.2) is 0 Å². The first-order valence-corrected chi connectivity index (χ1v) is 7.74. The molecule has 0 unspecified atom stereocenters. The van der Waals surface area contributed by atoms with Crippen molar-refractivity contribution in [2.75, 3.05) is 22.1 Å². The summed E-state index contributed by atoms with van der Waals surface area (Å²) in [7, 11) is 0. The molecule has 1 spiro atoms. The van der Waals surface area contributed by atoms with E-state index < -0.39 is 0 Å². The summed E-state index contributed by atoms with van der Waals surface area (Å²) < 4.78 is 13.9. The topological polar surface area (TPSA) is 18.5 Å². The van der Waals surface area contributed by atoms with Crippen molar-refractivity contribution in [3.05, 3.63) is 0 Å². The quantitative estimate of drug-likeness (QED) is 0.517. The van der Waals surface area contributed by atoms with Gasteiger partial charge in [-0.1, -0.05) is 45.2 Å². The molecule has 0 amide bonds. The van der Waals surface area contributed by atoms with Crippen LogP contribution in [-0.2, 0) is 9.47 Å². The average Bonchev–Trinajstić information content (AvgIpc) is 2.74. The molecule has 0 N–H and O–H groups in total. The number of hydrogen-bond acceptors (Lipinski definition) is 2. The third kappa shape index (κ3) is 2.15. The summed E-state index contributed by atoms with van der Waals surface area (Å²) >= 11 is 4.97. The Kier molecular flexibility index (Phi) is 3.76. The first kappa shape index (κ1) is 10.9. The number of rotatable bonds is 2. The van der Waals surface area contributed by atoms with Gasteiger partial charge in [0.05, 0.1) is 13.2 Å². The maximum atomic E-state index is 5.74.